The Bertz CT molecular complexity index is 963. The molecule has 0 radical (unpaired) electrons. The van der Waals surface area contributed by atoms with Crippen molar-refractivity contribution in [1.29, 1.82) is 0 Å². The molecule has 2 rings (SSSR count). The monoisotopic (exact) mass is 486 g/mol. The first-order chi connectivity index (χ1) is 16.8. The third-order valence-electron chi connectivity index (χ3n) is 5.81. The largest absolute Gasteiger partial charge is 0.508 e. The number of hydrogen-bond acceptors (Lipinski definition) is 7. The topological polar surface area (TPSA) is 109 Å². The van der Waals surface area contributed by atoms with Crippen LogP contribution in [0.15, 0.2) is 41.1 Å². The van der Waals surface area contributed by atoms with E-state index < -0.39 is 5.97 Å². The smallest absolute Gasteiger partial charge is 0.342 e. The number of fused-ring (bicyclic) bond motifs is 1. The number of rotatable bonds is 7. The van der Waals surface area contributed by atoms with Crippen molar-refractivity contribution in [2.24, 2.45) is 5.16 Å². The number of hydrogen-bond donors (Lipinski definition) is 2. The van der Waals surface area contributed by atoms with Gasteiger partial charge < -0.3 is 24.7 Å². The summed E-state index contributed by atoms with van der Waals surface area (Å²) < 4.78 is 5.73. The molecule has 0 aromatic heterocycles. The first-order valence-electron chi connectivity index (χ1n) is 12.3. The van der Waals surface area contributed by atoms with Gasteiger partial charge in [-0.05, 0) is 57.7 Å². The second-order valence-corrected chi connectivity index (χ2v) is 8.65. The molecule has 1 amide bonds. The molecule has 1 aromatic rings. The number of allylic oxidation sites excluding steroid dienone is 3. The number of phenolic OH excluding ortho intramolecular Hbond substituents is 2. The van der Waals surface area contributed by atoms with E-state index in [1.807, 2.05) is 39.8 Å². The summed E-state index contributed by atoms with van der Waals surface area (Å²) in [5.41, 5.74) is 1.85. The summed E-state index contributed by atoms with van der Waals surface area (Å²) in [5, 5.41) is 24.8. The van der Waals surface area contributed by atoms with Crippen molar-refractivity contribution in [3.63, 3.8) is 0 Å². The Morgan fingerprint density at radius 3 is 2.63 bits per heavy atom. The van der Waals surface area contributed by atoms with Crippen molar-refractivity contribution in [3.05, 3.63) is 47.1 Å². The summed E-state index contributed by atoms with van der Waals surface area (Å²) >= 11 is 0. The van der Waals surface area contributed by atoms with Gasteiger partial charge in [0.15, 0.2) is 6.61 Å². The second-order valence-electron chi connectivity index (χ2n) is 8.65. The van der Waals surface area contributed by atoms with Gasteiger partial charge in [0.05, 0.1) is 5.71 Å². The number of likely N-dealkylation sites (N-methyl/N-ethyl adjacent to an activating group) is 1. The van der Waals surface area contributed by atoms with Crippen molar-refractivity contribution < 1.29 is 29.4 Å². The van der Waals surface area contributed by atoms with Crippen LogP contribution in [0.2, 0.25) is 0 Å². The summed E-state index contributed by atoms with van der Waals surface area (Å²) in [6, 6.07) is 2.53. The van der Waals surface area contributed by atoms with Gasteiger partial charge in [0, 0.05) is 32.0 Å². The molecule has 8 nitrogen and oxygen atoms in total. The number of cyclic esters (lactones) is 1. The van der Waals surface area contributed by atoms with E-state index in [4.69, 9.17) is 9.57 Å². The van der Waals surface area contributed by atoms with Gasteiger partial charge in [0.1, 0.15) is 23.2 Å². The summed E-state index contributed by atoms with van der Waals surface area (Å²) in [7, 11) is 0. The number of amides is 1. The third-order valence-corrected chi connectivity index (χ3v) is 5.81. The van der Waals surface area contributed by atoms with E-state index in [-0.39, 0.29) is 42.1 Å². The van der Waals surface area contributed by atoms with Crippen LogP contribution in [-0.4, -0.2) is 58.5 Å². The number of oxime groups is 1. The van der Waals surface area contributed by atoms with Gasteiger partial charge in [-0.25, -0.2) is 4.79 Å². The predicted octanol–water partition coefficient (Wildman–Crippen LogP) is 4.89. The standard InChI is InChI=1S/C27H38N2O6/c1-5-11-23-13-10-8-9-12-19(4)14-21(28-34-18-25(32)29(6-2)7-3)15-20-16-22(30)17-24(31)26(20)27(33)35-23/h8,10,14,16-17,23,30-31H,5-7,9,11-13,15,18H2,1-4H3/b10-8+,19-14+,28-21?. The van der Waals surface area contributed by atoms with Crippen molar-refractivity contribution >= 4 is 17.6 Å². The minimum absolute atomic E-state index is 0.0112. The fourth-order valence-electron chi connectivity index (χ4n) is 3.98. The van der Waals surface area contributed by atoms with Gasteiger partial charge in [-0.3, -0.25) is 4.79 Å². The van der Waals surface area contributed by atoms with Crippen LogP contribution in [0.1, 0.15) is 75.7 Å². The highest BCUT2D eigenvalue weighted by Crippen LogP contribution is 2.30. The third kappa shape index (κ3) is 8.77. The van der Waals surface area contributed by atoms with Crippen molar-refractivity contribution in [1.82, 2.24) is 4.90 Å². The van der Waals surface area contributed by atoms with E-state index in [2.05, 4.69) is 11.2 Å². The lowest BCUT2D eigenvalue weighted by Crippen LogP contribution is -2.33. The molecule has 0 spiro atoms. The van der Waals surface area contributed by atoms with Gasteiger partial charge in [-0.2, -0.15) is 0 Å². The Hall–Kier alpha value is -3.29. The molecular weight excluding hydrogens is 448 g/mol. The first kappa shape index (κ1) is 28.0. The Labute approximate surface area is 207 Å². The van der Waals surface area contributed by atoms with Gasteiger partial charge in [-0.1, -0.05) is 36.2 Å². The molecule has 0 fully saturated rings. The molecule has 0 saturated heterocycles. The zero-order valence-electron chi connectivity index (χ0n) is 21.2. The Balaban J connectivity index is 2.43. The van der Waals surface area contributed by atoms with Crippen LogP contribution >= 0.6 is 0 Å². The van der Waals surface area contributed by atoms with Gasteiger partial charge >= 0.3 is 5.97 Å². The fraction of sp³-hybridized carbons (Fsp3) is 0.519. The van der Waals surface area contributed by atoms with E-state index in [0.717, 1.165) is 30.9 Å². The van der Waals surface area contributed by atoms with Crippen molar-refractivity contribution in [2.45, 2.75) is 72.3 Å². The number of esters is 1. The van der Waals surface area contributed by atoms with Crippen LogP contribution in [0.4, 0.5) is 0 Å². The van der Waals surface area contributed by atoms with Crippen LogP contribution in [0.5, 0.6) is 11.5 Å². The molecule has 0 saturated carbocycles. The number of nitrogens with zero attached hydrogens (tertiary/aromatic N) is 2. The van der Waals surface area contributed by atoms with Gasteiger partial charge in [-0.15, -0.1) is 0 Å². The Morgan fingerprint density at radius 2 is 1.94 bits per heavy atom. The van der Waals surface area contributed by atoms with Crippen molar-refractivity contribution in [3.8, 4) is 11.5 Å². The number of aromatic hydroxyl groups is 2. The van der Waals surface area contributed by atoms with Crippen LogP contribution < -0.4 is 0 Å². The van der Waals surface area contributed by atoms with E-state index in [1.165, 1.54) is 6.07 Å². The number of benzene rings is 1. The lowest BCUT2D eigenvalue weighted by Gasteiger charge is -2.19. The Kier molecular flexibility index (Phi) is 11.3. The molecule has 2 N–H and O–H groups in total. The molecule has 1 aromatic carbocycles. The highest BCUT2D eigenvalue weighted by molar-refractivity contribution is 6.01. The second kappa shape index (κ2) is 14.2. The lowest BCUT2D eigenvalue weighted by atomic mass is 9.98. The van der Waals surface area contributed by atoms with Crippen LogP contribution in [0.3, 0.4) is 0 Å². The Morgan fingerprint density at radius 1 is 1.20 bits per heavy atom. The molecule has 1 aliphatic rings. The minimum Gasteiger partial charge on any atom is -0.508 e. The molecule has 192 valence electrons. The molecular formula is C27H38N2O6. The summed E-state index contributed by atoms with van der Waals surface area (Å²) in [6.07, 6.45) is 9.47. The highest BCUT2D eigenvalue weighted by atomic mass is 16.6. The molecule has 0 aliphatic carbocycles. The number of phenols is 2. The van der Waals surface area contributed by atoms with Crippen molar-refractivity contribution in [2.75, 3.05) is 19.7 Å². The van der Waals surface area contributed by atoms with Gasteiger partial charge in [0.25, 0.3) is 5.91 Å². The molecule has 0 bridgehead atoms. The summed E-state index contributed by atoms with van der Waals surface area (Å²) in [6.45, 7) is 8.74. The summed E-state index contributed by atoms with van der Waals surface area (Å²) in [5.74, 6) is -1.37. The average Bonchev–Trinajstić information content (AvgIpc) is 2.78. The normalized spacial score (nSPS) is 20.7. The number of ether oxygens (including phenoxy) is 1. The highest BCUT2D eigenvalue weighted by Gasteiger charge is 2.23. The van der Waals surface area contributed by atoms with Crippen LogP contribution in [-0.2, 0) is 20.8 Å². The predicted molar refractivity (Wildman–Crippen MR) is 136 cm³/mol. The zero-order valence-corrected chi connectivity index (χ0v) is 21.2. The van der Waals surface area contributed by atoms with E-state index in [0.29, 0.717) is 37.2 Å². The van der Waals surface area contributed by atoms with Crippen LogP contribution in [0, 0.1) is 0 Å². The van der Waals surface area contributed by atoms with Crippen LogP contribution in [0.25, 0.3) is 0 Å². The van der Waals surface area contributed by atoms with E-state index >= 15 is 0 Å². The number of carbonyl (C=O) groups excluding carboxylic acids is 2. The SMILES string of the molecule is CCCC1C/C=C/CC/C(C)=C/C(=NOCC(=O)N(CC)CC)Cc2cc(O)cc(O)c2C(=O)O1. The molecule has 35 heavy (non-hydrogen) atoms. The molecule has 8 heteroatoms. The maximum absolute atomic E-state index is 13.1. The maximum Gasteiger partial charge on any atom is 0.342 e. The number of carbonyl (C=O) groups is 2. The average molecular weight is 487 g/mol. The fourth-order valence-corrected chi connectivity index (χ4v) is 3.98. The lowest BCUT2D eigenvalue weighted by molar-refractivity contribution is -0.135. The minimum atomic E-state index is -0.654. The zero-order chi connectivity index (χ0) is 25.8. The molecule has 1 aliphatic heterocycles. The molecule has 1 atom stereocenters. The quantitative estimate of drug-likeness (QED) is 0.323. The van der Waals surface area contributed by atoms with E-state index in [9.17, 15) is 19.8 Å². The molecule has 1 unspecified atom stereocenters. The maximum atomic E-state index is 13.1. The van der Waals surface area contributed by atoms with Gasteiger partial charge in [0.2, 0.25) is 0 Å². The first-order valence-corrected chi connectivity index (χ1v) is 12.3. The molecule has 1 heterocycles. The van der Waals surface area contributed by atoms with E-state index in [1.54, 1.807) is 4.90 Å². The summed E-state index contributed by atoms with van der Waals surface area (Å²) in [4.78, 5) is 32.4.